The summed E-state index contributed by atoms with van der Waals surface area (Å²) in [5.41, 5.74) is 6.46. The van der Waals surface area contributed by atoms with Gasteiger partial charge in [0.15, 0.2) is 0 Å². The Bertz CT molecular complexity index is 668. The highest BCUT2D eigenvalue weighted by atomic mass is 35.5. The van der Waals surface area contributed by atoms with E-state index in [1.54, 1.807) is 18.2 Å². The lowest BCUT2D eigenvalue weighted by atomic mass is 10.1. The van der Waals surface area contributed by atoms with Gasteiger partial charge in [0, 0.05) is 15.7 Å². The van der Waals surface area contributed by atoms with Crippen molar-refractivity contribution in [1.82, 2.24) is 0 Å². The van der Waals surface area contributed by atoms with E-state index in [0.29, 0.717) is 15.7 Å². The molecule has 0 spiro atoms. The molecule has 0 bridgehead atoms. The first-order valence-corrected chi connectivity index (χ1v) is 6.90. The number of halogens is 4. The Kier molecular flexibility index (Phi) is 4.66. The molecule has 0 atom stereocenters. The first-order chi connectivity index (χ1) is 9.38. The van der Waals surface area contributed by atoms with Gasteiger partial charge in [-0.05, 0) is 30.3 Å². The Morgan fingerprint density at radius 2 is 1.60 bits per heavy atom. The van der Waals surface area contributed by atoms with Gasteiger partial charge in [-0.2, -0.15) is 0 Å². The van der Waals surface area contributed by atoms with Gasteiger partial charge in [0.05, 0.1) is 21.3 Å². The molecule has 1 amide bonds. The number of hydrogen-bond donors (Lipinski definition) is 2. The number of nitrogens with two attached hydrogens (primary N) is 1. The SMILES string of the molecule is Nc1ccc(Cl)c(C(=O)Nc2cc(Cl)cc(Cl)c2)c1Cl. The summed E-state index contributed by atoms with van der Waals surface area (Å²) in [5.74, 6) is -0.495. The van der Waals surface area contributed by atoms with Crippen LogP contribution in [0.4, 0.5) is 11.4 Å². The molecule has 2 aromatic carbocycles. The molecule has 0 saturated carbocycles. The Morgan fingerprint density at radius 3 is 2.20 bits per heavy atom. The van der Waals surface area contributed by atoms with Crippen molar-refractivity contribution < 1.29 is 4.79 Å². The number of amides is 1. The topological polar surface area (TPSA) is 55.1 Å². The van der Waals surface area contributed by atoms with Crippen LogP contribution in [0.2, 0.25) is 20.1 Å². The molecule has 0 aliphatic heterocycles. The van der Waals surface area contributed by atoms with Crippen LogP contribution in [0.15, 0.2) is 30.3 Å². The normalized spacial score (nSPS) is 10.4. The number of nitrogens with one attached hydrogen (secondary N) is 1. The molecule has 0 aliphatic carbocycles. The summed E-state index contributed by atoms with van der Waals surface area (Å²) >= 11 is 23.7. The van der Waals surface area contributed by atoms with Crippen LogP contribution in [0, 0.1) is 0 Å². The minimum Gasteiger partial charge on any atom is -0.398 e. The van der Waals surface area contributed by atoms with E-state index < -0.39 is 5.91 Å². The highest BCUT2D eigenvalue weighted by molar-refractivity contribution is 6.42. The van der Waals surface area contributed by atoms with Crippen LogP contribution in [-0.2, 0) is 0 Å². The Balaban J connectivity index is 2.35. The maximum atomic E-state index is 12.2. The van der Waals surface area contributed by atoms with Gasteiger partial charge in [-0.25, -0.2) is 0 Å². The monoisotopic (exact) mass is 348 g/mol. The number of carbonyl (C=O) groups excluding carboxylic acids is 1. The summed E-state index contributed by atoms with van der Waals surface area (Å²) in [6, 6.07) is 7.69. The predicted octanol–water partition coefficient (Wildman–Crippen LogP) is 5.13. The molecule has 20 heavy (non-hydrogen) atoms. The molecule has 3 N–H and O–H groups in total. The van der Waals surface area contributed by atoms with Crippen molar-refractivity contribution >= 4 is 63.7 Å². The van der Waals surface area contributed by atoms with E-state index >= 15 is 0 Å². The van der Waals surface area contributed by atoms with E-state index in [9.17, 15) is 4.79 Å². The van der Waals surface area contributed by atoms with Gasteiger partial charge >= 0.3 is 0 Å². The molecule has 3 nitrogen and oxygen atoms in total. The van der Waals surface area contributed by atoms with Crippen LogP contribution in [0.5, 0.6) is 0 Å². The molecular weight excluding hydrogens is 342 g/mol. The second-order valence-electron chi connectivity index (χ2n) is 3.94. The summed E-state index contributed by atoms with van der Waals surface area (Å²) in [6.07, 6.45) is 0. The van der Waals surface area contributed by atoms with E-state index in [-0.39, 0.29) is 21.3 Å². The number of rotatable bonds is 2. The summed E-state index contributed by atoms with van der Waals surface area (Å²) in [6.45, 7) is 0. The lowest BCUT2D eigenvalue weighted by Gasteiger charge is -2.10. The molecule has 0 aromatic heterocycles. The molecule has 0 fully saturated rings. The van der Waals surface area contributed by atoms with Crippen molar-refractivity contribution in [3.8, 4) is 0 Å². The van der Waals surface area contributed by atoms with Gasteiger partial charge in [0.25, 0.3) is 5.91 Å². The fourth-order valence-corrected chi connectivity index (χ4v) is 2.66. The molecule has 0 saturated heterocycles. The molecule has 104 valence electrons. The Labute approximate surface area is 135 Å². The van der Waals surface area contributed by atoms with Crippen LogP contribution in [0.1, 0.15) is 10.4 Å². The number of benzene rings is 2. The van der Waals surface area contributed by atoms with E-state index in [1.807, 2.05) is 0 Å². The lowest BCUT2D eigenvalue weighted by Crippen LogP contribution is -2.13. The van der Waals surface area contributed by atoms with E-state index in [0.717, 1.165) is 0 Å². The zero-order chi connectivity index (χ0) is 14.9. The summed E-state index contributed by atoms with van der Waals surface area (Å²) in [7, 11) is 0. The van der Waals surface area contributed by atoms with Gasteiger partial charge in [-0.1, -0.05) is 46.4 Å². The fraction of sp³-hybridized carbons (Fsp3) is 0. The minimum absolute atomic E-state index is 0.100. The van der Waals surface area contributed by atoms with Crippen LogP contribution in [-0.4, -0.2) is 5.91 Å². The van der Waals surface area contributed by atoms with Gasteiger partial charge in [-0.15, -0.1) is 0 Å². The zero-order valence-electron chi connectivity index (χ0n) is 9.88. The van der Waals surface area contributed by atoms with Gasteiger partial charge in [-0.3, -0.25) is 4.79 Å². The number of anilines is 2. The first-order valence-electron chi connectivity index (χ1n) is 5.39. The molecule has 0 heterocycles. The molecule has 0 aliphatic rings. The highest BCUT2D eigenvalue weighted by Crippen LogP contribution is 2.31. The molecule has 2 aromatic rings. The maximum absolute atomic E-state index is 12.2. The molecule has 0 radical (unpaired) electrons. The van der Waals surface area contributed by atoms with Gasteiger partial charge < -0.3 is 11.1 Å². The third-order valence-electron chi connectivity index (χ3n) is 2.47. The lowest BCUT2D eigenvalue weighted by molar-refractivity contribution is 0.102. The highest BCUT2D eigenvalue weighted by Gasteiger charge is 2.17. The van der Waals surface area contributed by atoms with Crippen molar-refractivity contribution in [2.24, 2.45) is 0 Å². The van der Waals surface area contributed by atoms with Crippen molar-refractivity contribution in [3.05, 3.63) is 56.0 Å². The zero-order valence-corrected chi connectivity index (χ0v) is 12.9. The summed E-state index contributed by atoms with van der Waals surface area (Å²) < 4.78 is 0. The maximum Gasteiger partial charge on any atom is 0.258 e. The largest absolute Gasteiger partial charge is 0.398 e. The number of hydrogen-bond acceptors (Lipinski definition) is 2. The standard InChI is InChI=1S/C13H8Cl4N2O/c14-6-3-7(15)5-8(4-6)19-13(20)11-9(16)1-2-10(18)12(11)17/h1-5H,18H2,(H,19,20). The van der Waals surface area contributed by atoms with Crippen molar-refractivity contribution in [3.63, 3.8) is 0 Å². The van der Waals surface area contributed by atoms with Crippen molar-refractivity contribution in [2.75, 3.05) is 11.1 Å². The average molecular weight is 350 g/mol. The second-order valence-corrected chi connectivity index (χ2v) is 5.60. The number of carbonyl (C=O) groups is 1. The van der Waals surface area contributed by atoms with Gasteiger partial charge in [0.2, 0.25) is 0 Å². The van der Waals surface area contributed by atoms with Crippen LogP contribution in [0.3, 0.4) is 0 Å². The quantitative estimate of drug-likeness (QED) is 0.738. The smallest absolute Gasteiger partial charge is 0.258 e. The van der Waals surface area contributed by atoms with E-state index in [1.165, 1.54) is 12.1 Å². The molecule has 0 unspecified atom stereocenters. The molecular formula is C13H8Cl4N2O. The minimum atomic E-state index is -0.495. The van der Waals surface area contributed by atoms with Crippen molar-refractivity contribution in [2.45, 2.75) is 0 Å². The predicted molar refractivity (Wildman–Crippen MR) is 85.3 cm³/mol. The first kappa shape index (κ1) is 15.3. The number of nitrogen functional groups attached to an aromatic ring is 1. The van der Waals surface area contributed by atoms with Crippen LogP contribution < -0.4 is 11.1 Å². The Hall–Kier alpha value is -1.13. The average Bonchev–Trinajstić information content (AvgIpc) is 2.33. The van der Waals surface area contributed by atoms with Crippen molar-refractivity contribution in [1.29, 1.82) is 0 Å². The third kappa shape index (κ3) is 3.30. The fourth-order valence-electron chi connectivity index (χ4n) is 1.60. The summed E-state index contributed by atoms with van der Waals surface area (Å²) in [4.78, 5) is 12.2. The van der Waals surface area contributed by atoms with E-state index in [2.05, 4.69) is 5.32 Å². The van der Waals surface area contributed by atoms with Crippen LogP contribution >= 0.6 is 46.4 Å². The van der Waals surface area contributed by atoms with Crippen LogP contribution in [0.25, 0.3) is 0 Å². The second kappa shape index (κ2) is 6.10. The molecule has 2 rings (SSSR count). The van der Waals surface area contributed by atoms with Gasteiger partial charge in [0.1, 0.15) is 0 Å². The summed E-state index contributed by atoms with van der Waals surface area (Å²) in [5, 5.41) is 3.72. The third-order valence-corrected chi connectivity index (χ3v) is 3.63. The molecule has 7 heteroatoms. The van der Waals surface area contributed by atoms with E-state index in [4.69, 9.17) is 52.1 Å². The Morgan fingerprint density at radius 1 is 1.00 bits per heavy atom.